The van der Waals surface area contributed by atoms with Crippen molar-refractivity contribution in [3.8, 4) is 0 Å². The number of hydrogen-bond acceptors (Lipinski definition) is 5. The van der Waals surface area contributed by atoms with Gasteiger partial charge in [0.1, 0.15) is 0 Å². The van der Waals surface area contributed by atoms with Crippen LogP contribution >= 0.6 is 0 Å². The Hall–Kier alpha value is -0.200. The highest BCUT2D eigenvalue weighted by atomic mass is 16.6. The van der Waals surface area contributed by atoms with Crippen LogP contribution in [0.25, 0.3) is 0 Å². The van der Waals surface area contributed by atoms with E-state index in [1.165, 1.54) is 0 Å². The lowest BCUT2D eigenvalue weighted by molar-refractivity contribution is -0.0532. The van der Waals surface area contributed by atoms with Gasteiger partial charge in [0.05, 0.1) is 51.8 Å². The minimum absolute atomic E-state index is 0. The van der Waals surface area contributed by atoms with E-state index in [2.05, 4.69) is 6.92 Å². The second-order valence-corrected chi connectivity index (χ2v) is 4.59. The van der Waals surface area contributed by atoms with Crippen molar-refractivity contribution < 1.29 is 24.1 Å². The summed E-state index contributed by atoms with van der Waals surface area (Å²) in [6.45, 7) is 9.53. The van der Waals surface area contributed by atoms with Crippen LogP contribution in [-0.4, -0.2) is 63.6 Å². The normalized spacial score (nSPS) is 10.2. The van der Waals surface area contributed by atoms with Gasteiger partial charge in [-0.3, -0.25) is 0 Å². The van der Waals surface area contributed by atoms with E-state index < -0.39 is 0 Å². The van der Waals surface area contributed by atoms with E-state index in [0.717, 1.165) is 19.4 Å². The minimum atomic E-state index is 0. The molecule has 0 saturated heterocycles. The molecule has 0 heterocycles. The molecule has 0 aromatic heterocycles. The zero-order valence-corrected chi connectivity index (χ0v) is 12.6. The molecule has 5 nitrogen and oxygen atoms in total. The number of unbranched alkanes of at least 4 members (excludes halogenated alkanes) is 1. The van der Waals surface area contributed by atoms with Crippen LogP contribution in [0.15, 0.2) is 0 Å². The average Bonchev–Trinajstić information content (AvgIpc) is 2.41. The maximum Gasteiger partial charge on any atom is 0.0781 e. The number of hydrogen-bond donors (Lipinski definition) is 1. The third kappa shape index (κ3) is 46.1. The van der Waals surface area contributed by atoms with Gasteiger partial charge in [0.25, 0.3) is 0 Å². The van der Waals surface area contributed by atoms with Crippen LogP contribution in [0.3, 0.4) is 0 Å². The van der Waals surface area contributed by atoms with Crippen molar-refractivity contribution in [1.29, 1.82) is 0 Å². The van der Waals surface area contributed by atoms with Crippen LogP contribution in [0.5, 0.6) is 0 Å². The third-order valence-electron chi connectivity index (χ3n) is 2.47. The second kappa shape index (κ2) is 44.9. The first-order valence-electron chi connectivity index (χ1n) is 7.20. The van der Waals surface area contributed by atoms with Gasteiger partial charge in [-0.1, -0.05) is 72.8 Å². The van der Waals surface area contributed by atoms with Crippen LogP contribution in [0.2, 0.25) is 0 Å². The van der Waals surface area contributed by atoms with E-state index in [0.29, 0.717) is 33.0 Å². The van der Waals surface area contributed by atoms with E-state index >= 15 is 0 Å². The van der Waals surface area contributed by atoms with Gasteiger partial charge in [0, 0.05) is 6.61 Å². The molecule has 0 aliphatic heterocycles. The quantitative estimate of drug-likeness (QED) is 0.325. The number of aliphatic hydroxyl groups is 1. The summed E-state index contributed by atoms with van der Waals surface area (Å²) in [5.74, 6) is 0. The van der Waals surface area contributed by atoms with Crippen molar-refractivity contribution in [2.75, 3.05) is 46.2 Å². The van der Waals surface area contributed by atoms with Crippen molar-refractivity contribution in [2.45, 2.75) is 105 Å². The fourth-order valence-corrected chi connectivity index (χ4v) is 1.40. The molecule has 0 radical (unpaired) electrons. The zero-order chi connectivity index (χ0) is 14.3. The Bertz CT molecular complexity index is 180. The van der Waals surface area contributed by atoms with Crippen LogP contribution in [-0.2, 0) is 18.9 Å². The zero-order valence-electron chi connectivity index (χ0n) is 12.6. The Morgan fingerprint density at radius 3 is 1.44 bits per heavy atom. The van der Waals surface area contributed by atoms with Crippen molar-refractivity contribution >= 4 is 0 Å². The van der Waals surface area contributed by atoms with Gasteiger partial charge in [-0.25, -0.2) is 0 Å². The molecule has 2 atom stereocenters. The lowest BCUT2D eigenvalue weighted by Crippen LogP contribution is -2.22. The molecule has 2 unspecified atom stereocenters. The molecule has 0 amide bonds. The summed E-state index contributed by atoms with van der Waals surface area (Å²) in [5, 5.41) is 8.59. The SMILES string of the molecule is C.C.C.C.C.C.C.C.CCCCOCC(C)OCCOCC(C)OCCO. The van der Waals surface area contributed by atoms with Crippen molar-refractivity contribution in [1.82, 2.24) is 0 Å². The van der Waals surface area contributed by atoms with Gasteiger partial charge >= 0.3 is 0 Å². The monoisotopic (exact) mass is 406 g/mol. The summed E-state index contributed by atoms with van der Waals surface area (Å²) in [6, 6.07) is 0. The molecule has 180 valence electrons. The highest BCUT2D eigenvalue weighted by Crippen LogP contribution is 1.96. The molecule has 0 aromatic carbocycles. The largest absolute Gasteiger partial charge is 0.394 e. The lowest BCUT2D eigenvalue weighted by atomic mass is 10.3. The Morgan fingerprint density at radius 1 is 0.630 bits per heavy atom. The summed E-state index contributed by atoms with van der Waals surface area (Å²) in [4.78, 5) is 0. The van der Waals surface area contributed by atoms with Gasteiger partial charge in [0.15, 0.2) is 0 Å². The maximum absolute atomic E-state index is 8.59. The van der Waals surface area contributed by atoms with Gasteiger partial charge in [0.2, 0.25) is 0 Å². The first-order valence-corrected chi connectivity index (χ1v) is 7.20. The molecule has 0 aliphatic carbocycles. The molecule has 0 aromatic rings. The first-order chi connectivity index (χ1) is 9.20. The Balaban J connectivity index is -0.0000000579. The van der Waals surface area contributed by atoms with Crippen LogP contribution in [0, 0.1) is 0 Å². The molecule has 0 fully saturated rings. The Labute approximate surface area is 176 Å². The van der Waals surface area contributed by atoms with E-state index in [-0.39, 0.29) is 78.2 Å². The highest BCUT2D eigenvalue weighted by Gasteiger charge is 2.04. The van der Waals surface area contributed by atoms with Gasteiger partial charge < -0.3 is 24.1 Å². The van der Waals surface area contributed by atoms with Crippen LogP contribution in [0.1, 0.15) is 93.0 Å². The van der Waals surface area contributed by atoms with Gasteiger partial charge in [-0.05, 0) is 20.3 Å². The summed E-state index contributed by atoms with van der Waals surface area (Å²) in [7, 11) is 0. The molecule has 27 heavy (non-hydrogen) atoms. The number of aliphatic hydroxyl groups excluding tert-OH is 1. The topological polar surface area (TPSA) is 57.2 Å². The average molecular weight is 407 g/mol. The fraction of sp³-hybridized carbons (Fsp3) is 1.00. The summed E-state index contributed by atoms with van der Waals surface area (Å²) in [6.07, 6.45) is 2.35. The van der Waals surface area contributed by atoms with Gasteiger partial charge in [-0.2, -0.15) is 0 Å². The van der Waals surface area contributed by atoms with E-state index in [4.69, 9.17) is 24.1 Å². The minimum Gasteiger partial charge on any atom is -0.394 e. The predicted molar refractivity (Wildman–Crippen MR) is 128 cm³/mol. The van der Waals surface area contributed by atoms with Crippen LogP contribution < -0.4 is 0 Å². The molecule has 5 heteroatoms. The van der Waals surface area contributed by atoms with Crippen molar-refractivity contribution in [3.05, 3.63) is 0 Å². The van der Waals surface area contributed by atoms with Crippen molar-refractivity contribution in [2.24, 2.45) is 0 Å². The molecule has 0 aliphatic rings. The number of ether oxygens (including phenoxy) is 4. The standard InChI is InChI=1S/C14H30O5.8CH4/c1-4-5-7-16-11-14(3)19-10-9-17-12-13(2)18-8-6-15;;;;;;;;/h13-15H,4-12H2,1-3H3;8*1H4. The van der Waals surface area contributed by atoms with E-state index in [9.17, 15) is 0 Å². The summed E-state index contributed by atoms with van der Waals surface area (Å²) in [5.41, 5.74) is 0. The van der Waals surface area contributed by atoms with E-state index in [1.807, 2.05) is 13.8 Å². The summed E-state index contributed by atoms with van der Waals surface area (Å²) < 4.78 is 21.7. The molecule has 0 rings (SSSR count). The smallest absolute Gasteiger partial charge is 0.0781 e. The van der Waals surface area contributed by atoms with Crippen molar-refractivity contribution in [3.63, 3.8) is 0 Å². The second-order valence-electron chi connectivity index (χ2n) is 4.59. The van der Waals surface area contributed by atoms with Gasteiger partial charge in [-0.15, -0.1) is 0 Å². The highest BCUT2D eigenvalue weighted by molar-refractivity contribution is 4.49. The molecule has 1 N–H and O–H groups in total. The third-order valence-corrected chi connectivity index (χ3v) is 2.47. The molecule has 0 spiro atoms. The summed E-state index contributed by atoms with van der Waals surface area (Å²) >= 11 is 0. The number of rotatable bonds is 14. The lowest BCUT2D eigenvalue weighted by Gasteiger charge is -2.15. The molecular formula is C22H62O5. The molecular weight excluding hydrogens is 344 g/mol. The molecule has 0 bridgehead atoms. The predicted octanol–water partition coefficient (Wildman–Crippen LogP) is 6.71. The fourth-order valence-electron chi connectivity index (χ4n) is 1.40. The Morgan fingerprint density at radius 2 is 1.04 bits per heavy atom. The first kappa shape index (κ1) is 56.3. The molecule has 0 saturated carbocycles. The maximum atomic E-state index is 8.59. The van der Waals surface area contributed by atoms with E-state index in [1.54, 1.807) is 0 Å². The van der Waals surface area contributed by atoms with Crippen LogP contribution in [0.4, 0.5) is 0 Å². The Kier molecular flexibility index (Phi) is 93.6.